The van der Waals surface area contributed by atoms with Crippen LogP contribution in [0.1, 0.15) is 52.5 Å². The fourth-order valence-corrected chi connectivity index (χ4v) is 3.75. The molecular weight excluding hydrogens is 324 g/mol. The van der Waals surface area contributed by atoms with Crippen molar-refractivity contribution in [2.45, 2.75) is 53.9 Å². The van der Waals surface area contributed by atoms with Gasteiger partial charge in [-0.15, -0.1) is 10.2 Å². The minimum atomic E-state index is -0.413. The SMILES string of the molecule is CC(C)Cc1nnc(NC(=O)[C@@H]2CCCN(C(=O)C(C)(C)C)C2)s1. The van der Waals surface area contributed by atoms with E-state index in [9.17, 15) is 9.59 Å². The van der Waals surface area contributed by atoms with Crippen LogP contribution >= 0.6 is 11.3 Å². The van der Waals surface area contributed by atoms with E-state index in [2.05, 4.69) is 29.4 Å². The minimum Gasteiger partial charge on any atom is -0.341 e. The molecule has 0 aliphatic carbocycles. The van der Waals surface area contributed by atoms with Gasteiger partial charge >= 0.3 is 0 Å². The van der Waals surface area contributed by atoms with E-state index in [1.54, 1.807) is 0 Å². The molecule has 1 atom stereocenters. The van der Waals surface area contributed by atoms with E-state index in [0.717, 1.165) is 30.8 Å². The molecule has 2 amide bonds. The predicted molar refractivity (Wildman–Crippen MR) is 95.8 cm³/mol. The first kappa shape index (κ1) is 18.8. The fraction of sp³-hybridized carbons (Fsp3) is 0.765. The summed E-state index contributed by atoms with van der Waals surface area (Å²) in [7, 11) is 0. The van der Waals surface area contributed by atoms with Crippen LogP contribution in [0.4, 0.5) is 5.13 Å². The molecule has 0 aromatic carbocycles. The number of aromatic nitrogens is 2. The average molecular weight is 353 g/mol. The first-order valence-electron chi connectivity index (χ1n) is 8.59. The van der Waals surface area contributed by atoms with E-state index in [0.29, 0.717) is 17.6 Å². The maximum Gasteiger partial charge on any atom is 0.231 e. The Hall–Kier alpha value is -1.50. The maximum atomic E-state index is 12.5. The number of carbonyl (C=O) groups excluding carboxylic acids is 2. The number of hydrogen-bond acceptors (Lipinski definition) is 5. The summed E-state index contributed by atoms with van der Waals surface area (Å²) in [5.41, 5.74) is -0.413. The maximum absolute atomic E-state index is 12.5. The van der Waals surface area contributed by atoms with Gasteiger partial charge in [0.1, 0.15) is 5.01 Å². The van der Waals surface area contributed by atoms with Gasteiger partial charge in [0.05, 0.1) is 5.92 Å². The third kappa shape index (κ3) is 5.00. The molecule has 0 radical (unpaired) electrons. The molecule has 2 heterocycles. The first-order chi connectivity index (χ1) is 11.2. The number of hydrogen-bond donors (Lipinski definition) is 1. The third-order valence-electron chi connectivity index (χ3n) is 4.00. The van der Waals surface area contributed by atoms with Crippen LogP contribution in [0, 0.1) is 17.3 Å². The Labute approximate surface area is 148 Å². The molecule has 0 bridgehead atoms. The van der Waals surface area contributed by atoms with Crippen molar-refractivity contribution >= 4 is 28.3 Å². The minimum absolute atomic E-state index is 0.0614. The zero-order chi connectivity index (χ0) is 17.9. The summed E-state index contributed by atoms with van der Waals surface area (Å²) >= 11 is 1.43. The number of rotatable bonds is 4. The van der Waals surface area contributed by atoms with Crippen molar-refractivity contribution in [3.63, 3.8) is 0 Å². The van der Waals surface area contributed by atoms with Gasteiger partial charge in [0.15, 0.2) is 0 Å². The summed E-state index contributed by atoms with van der Waals surface area (Å²) in [6, 6.07) is 0. The zero-order valence-corrected chi connectivity index (χ0v) is 16.1. The number of anilines is 1. The highest BCUT2D eigenvalue weighted by Crippen LogP contribution is 2.25. The van der Waals surface area contributed by atoms with Crippen LogP contribution < -0.4 is 5.32 Å². The summed E-state index contributed by atoms with van der Waals surface area (Å²) in [5, 5.41) is 12.5. The molecule has 1 fully saturated rings. The lowest BCUT2D eigenvalue weighted by atomic mass is 9.91. The van der Waals surface area contributed by atoms with Crippen LogP contribution in [0.25, 0.3) is 0 Å². The van der Waals surface area contributed by atoms with Gasteiger partial charge in [0, 0.05) is 24.9 Å². The Morgan fingerprint density at radius 3 is 2.67 bits per heavy atom. The van der Waals surface area contributed by atoms with Crippen LogP contribution in [0.15, 0.2) is 0 Å². The van der Waals surface area contributed by atoms with E-state index in [4.69, 9.17) is 0 Å². The van der Waals surface area contributed by atoms with Gasteiger partial charge in [-0.2, -0.15) is 0 Å². The van der Waals surface area contributed by atoms with Crippen molar-refractivity contribution in [2.24, 2.45) is 17.3 Å². The third-order valence-corrected chi connectivity index (χ3v) is 4.86. The fourth-order valence-electron chi connectivity index (χ4n) is 2.79. The second-order valence-corrected chi connectivity index (χ2v) is 8.99. The average Bonchev–Trinajstić information content (AvgIpc) is 2.91. The molecule has 7 heteroatoms. The molecule has 1 aliphatic heterocycles. The number of likely N-dealkylation sites (tertiary alicyclic amines) is 1. The van der Waals surface area contributed by atoms with Crippen molar-refractivity contribution in [1.29, 1.82) is 0 Å². The summed E-state index contributed by atoms with van der Waals surface area (Å²) in [6.45, 7) is 11.2. The highest BCUT2D eigenvalue weighted by molar-refractivity contribution is 7.15. The highest BCUT2D eigenvalue weighted by atomic mass is 32.1. The van der Waals surface area contributed by atoms with Crippen LogP contribution in [0.2, 0.25) is 0 Å². The number of piperidine rings is 1. The van der Waals surface area contributed by atoms with Crippen molar-refractivity contribution in [3.8, 4) is 0 Å². The van der Waals surface area contributed by atoms with Crippen LogP contribution in [-0.4, -0.2) is 40.0 Å². The van der Waals surface area contributed by atoms with Gasteiger partial charge in [-0.05, 0) is 18.8 Å². The van der Waals surface area contributed by atoms with Crippen LogP contribution in [-0.2, 0) is 16.0 Å². The van der Waals surface area contributed by atoms with Gasteiger partial charge in [-0.3, -0.25) is 9.59 Å². The summed E-state index contributed by atoms with van der Waals surface area (Å²) < 4.78 is 0. The first-order valence-corrected chi connectivity index (χ1v) is 9.41. The molecule has 1 aliphatic rings. The molecule has 134 valence electrons. The molecule has 1 N–H and O–H groups in total. The van der Waals surface area contributed by atoms with Gasteiger partial charge in [-0.25, -0.2) is 0 Å². The smallest absolute Gasteiger partial charge is 0.231 e. The van der Waals surface area contributed by atoms with E-state index >= 15 is 0 Å². The topological polar surface area (TPSA) is 75.2 Å². The van der Waals surface area contributed by atoms with E-state index < -0.39 is 5.41 Å². The van der Waals surface area contributed by atoms with E-state index in [1.165, 1.54) is 11.3 Å². The lowest BCUT2D eigenvalue weighted by molar-refractivity contribution is -0.142. The molecule has 0 spiro atoms. The molecule has 6 nitrogen and oxygen atoms in total. The quantitative estimate of drug-likeness (QED) is 0.904. The Kier molecular flexibility index (Phi) is 5.96. The van der Waals surface area contributed by atoms with Gasteiger partial charge < -0.3 is 10.2 Å². The number of carbonyl (C=O) groups is 2. The van der Waals surface area contributed by atoms with E-state index in [1.807, 2.05) is 25.7 Å². The molecule has 0 unspecified atom stereocenters. The van der Waals surface area contributed by atoms with Crippen molar-refractivity contribution in [2.75, 3.05) is 18.4 Å². The summed E-state index contributed by atoms with van der Waals surface area (Å²) in [5.74, 6) is 0.378. The molecule has 1 saturated heterocycles. The largest absolute Gasteiger partial charge is 0.341 e. The predicted octanol–water partition coefficient (Wildman–Crippen LogP) is 2.96. The molecule has 2 rings (SSSR count). The Bertz CT molecular complexity index is 592. The van der Waals surface area contributed by atoms with Crippen molar-refractivity contribution < 1.29 is 9.59 Å². The highest BCUT2D eigenvalue weighted by Gasteiger charge is 2.33. The second kappa shape index (κ2) is 7.59. The second-order valence-electron chi connectivity index (χ2n) is 7.93. The normalized spacial score (nSPS) is 18.8. The Balaban J connectivity index is 1.94. The van der Waals surface area contributed by atoms with Crippen LogP contribution in [0.3, 0.4) is 0 Å². The van der Waals surface area contributed by atoms with Crippen molar-refractivity contribution in [3.05, 3.63) is 5.01 Å². The summed E-state index contributed by atoms with van der Waals surface area (Å²) in [4.78, 5) is 26.8. The lowest BCUT2D eigenvalue weighted by Gasteiger charge is -2.35. The number of amides is 2. The lowest BCUT2D eigenvalue weighted by Crippen LogP contribution is -2.47. The number of nitrogens with zero attached hydrogens (tertiary/aromatic N) is 3. The standard InChI is InChI=1S/C17H28N4O2S/c1-11(2)9-13-19-20-16(24-13)18-14(22)12-7-6-8-21(10-12)15(23)17(3,4)5/h11-12H,6-10H2,1-5H3,(H,18,20,22)/t12-/m1/s1. The number of nitrogens with one attached hydrogen (secondary N) is 1. The van der Waals surface area contributed by atoms with E-state index in [-0.39, 0.29) is 17.7 Å². The van der Waals surface area contributed by atoms with Crippen LogP contribution in [0.5, 0.6) is 0 Å². The Morgan fingerprint density at radius 2 is 2.04 bits per heavy atom. The van der Waals surface area contributed by atoms with Crippen molar-refractivity contribution in [1.82, 2.24) is 15.1 Å². The molecule has 1 aromatic rings. The van der Waals surface area contributed by atoms with Gasteiger partial charge in [0.25, 0.3) is 0 Å². The monoisotopic (exact) mass is 352 g/mol. The zero-order valence-electron chi connectivity index (χ0n) is 15.3. The molecule has 0 saturated carbocycles. The van der Waals surface area contributed by atoms with Gasteiger partial charge in [0.2, 0.25) is 16.9 Å². The Morgan fingerprint density at radius 1 is 1.33 bits per heavy atom. The van der Waals surface area contributed by atoms with Gasteiger partial charge in [-0.1, -0.05) is 46.0 Å². The summed E-state index contributed by atoms with van der Waals surface area (Å²) in [6.07, 6.45) is 2.52. The molecular formula is C17H28N4O2S. The molecule has 1 aromatic heterocycles. The molecule has 24 heavy (non-hydrogen) atoms.